The fraction of sp³-hybridized carbons (Fsp3) is 0.412. The number of piperidine rings is 1. The third kappa shape index (κ3) is 11.6. The summed E-state index contributed by atoms with van der Waals surface area (Å²) < 4.78 is 50.6. The minimum atomic E-state index is -4.85. The minimum Gasteiger partial charge on any atom is -0.406 e. The van der Waals surface area contributed by atoms with Crippen LogP contribution in [0, 0.1) is 5.41 Å². The highest BCUT2D eigenvalue weighted by Gasteiger charge is 2.46. The molecule has 1 aromatic heterocycles. The van der Waals surface area contributed by atoms with E-state index in [9.17, 15) is 41.9 Å². The van der Waals surface area contributed by atoms with E-state index in [4.69, 9.17) is 10.1 Å². The second-order valence-electron chi connectivity index (χ2n) is 18.7. The van der Waals surface area contributed by atoms with Gasteiger partial charge in [-0.2, -0.15) is 0 Å². The van der Waals surface area contributed by atoms with Crippen LogP contribution in [0.4, 0.5) is 30.4 Å². The lowest BCUT2D eigenvalue weighted by Crippen LogP contribution is -2.54. The normalized spacial score (nSPS) is 16.5. The maximum absolute atomic E-state index is 13.7. The number of carbonyl (C=O) groups excluding carboxylic acids is 6. The van der Waals surface area contributed by atoms with E-state index in [1.165, 1.54) is 18.2 Å². The highest BCUT2D eigenvalue weighted by atomic mass is 19.4. The molecule has 0 aliphatic carbocycles. The van der Waals surface area contributed by atoms with Crippen molar-refractivity contribution < 1.29 is 51.4 Å². The number of alkyl halides is 3. The van der Waals surface area contributed by atoms with Gasteiger partial charge in [-0.3, -0.25) is 44.4 Å². The van der Waals surface area contributed by atoms with Crippen molar-refractivity contribution in [2.75, 3.05) is 42.3 Å². The Labute approximate surface area is 409 Å². The van der Waals surface area contributed by atoms with Gasteiger partial charge in [-0.1, -0.05) is 31.2 Å². The van der Waals surface area contributed by atoms with Crippen LogP contribution >= 0.6 is 0 Å². The lowest BCUT2D eigenvalue weighted by Gasteiger charge is -2.33. The van der Waals surface area contributed by atoms with Crippen molar-refractivity contribution in [3.05, 3.63) is 94.7 Å². The number of aliphatic imine (C=N–C) groups is 1. The smallest absolute Gasteiger partial charge is 0.406 e. The molecule has 0 bridgehead atoms. The van der Waals surface area contributed by atoms with E-state index < -0.39 is 52.9 Å². The maximum Gasteiger partial charge on any atom is 0.573 e. The van der Waals surface area contributed by atoms with Gasteiger partial charge in [-0.25, -0.2) is 4.99 Å². The van der Waals surface area contributed by atoms with Crippen molar-refractivity contribution in [2.24, 2.45) is 4.99 Å². The number of aryl methyl sites for hydroxylation is 1. The molecule has 5 N–H and O–H groups in total. The monoisotopic (exact) mass is 981 g/mol. The summed E-state index contributed by atoms with van der Waals surface area (Å²) >= 11 is 0. The molecule has 4 aromatic rings. The summed E-state index contributed by atoms with van der Waals surface area (Å²) in [6.07, 6.45) is -0.704. The molecule has 376 valence electrons. The average Bonchev–Trinajstić information content (AvgIpc) is 3.98. The lowest BCUT2D eigenvalue weighted by atomic mass is 9.93. The van der Waals surface area contributed by atoms with Gasteiger partial charge in [0.25, 0.3) is 11.8 Å². The summed E-state index contributed by atoms with van der Waals surface area (Å²) in [4.78, 5) is 84.5. The lowest BCUT2D eigenvalue weighted by molar-refractivity contribution is -0.274. The highest BCUT2D eigenvalue weighted by Crippen LogP contribution is 2.39. The summed E-state index contributed by atoms with van der Waals surface area (Å²) in [7, 11) is 1.74. The molecule has 6 amide bonds. The third-order valence-electron chi connectivity index (χ3n) is 13.1. The number of imide groups is 2. The molecule has 2 atom stereocenters. The number of ether oxygens (including phenoxy) is 2. The summed E-state index contributed by atoms with van der Waals surface area (Å²) in [5.74, 6) is -2.60. The van der Waals surface area contributed by atoms with Gasteiger partial charge in [0.15, 0.2) is 5.84 Å². The molecule has 1 saturated heterocycles. The number of nitrogens with zero attached hydrogens (tertiary/aromatic N) is 4. The van der Waals surface area contributed by atoms with Crippen molar-refractivity contribution in [1.82, 2.24) is 20.1 Å². The quantitative estimate of drug-likeness (QED) is 0.0264. The number of amidine groups is 1. The van der Waals surface area contributed by atoms with Gasteiger partial charge in [-0.15, -0.1) is 13.2 Å². The number of hydrogen-bond acceptors (Lipinski definition) is 11. The number of benzene rings is 3. The molecule has 20 heteroatoms. The zero-order chi connectivity index (χ0) is 51.4. The summed E-state index contributed by atoms with van der Waals surface area (Å²) in [6.45, 7) is 12.7. The van der Waals surface area contributed by atoms with Crippen LogP contribution in [0.2, 0.25) is 0 Å². The van der Waals surface area contributed by atoms with Crippen LogP contribution in [0.1, 0.15) is 104 Å². The fourth-order valence-electron chi connectivity index (χ4n) is 9.29. The van der Waals surface area contributed by atoms with Crippen LogP contribution in [-0.4, -0.2) is 108 Å². The Kier molecular flexibility index (Phi) is 15.2. The Morgan fingerprint density at radius 1 is 0.986 bits per heavy atom. The van der Waals surface area contributed by atoms with Crippen molar-refractivity contribution in [2.45, 2.75) is 109 Å². The Balaban J connectivity index is 0.921. The minimum absolute atomic E-state index is 0.0217. The molecule has 3 aliphatic heterocycles. The van der Waals surface area contributed by atoms with E-state index in [0.717, 1.165) is 16.0 Å². The molecule has 3 aliphatic rings. The first-order chi connectivity index (χ1) is 33.6. The van der Waals surface area contributed by atoms with Crippen molar-refractivity contribution in [3.63, 3.8) is 0 Å². The third-order valence-corrected chi connectivity index (χ3v) is 13.1. The standard InChI is InChI=1S/C51H58F3N9O8/c1-7-50(4,60-36-14-9-13-34-42(36)48(69)63(47(34)68)38-17-18-39(64)59-46(38)67)20-24-70-49(2,3)28-40(65)58-21-10-22-61-29-35(43(44(55)56-5)45(61)57-6)31-15-16-37-32(27-31)19-23-62(37)41(66)26-30-11-8-12-33(25-30)71-51(52,53)54/h8-9,11-16,25,27,29,38,55,57,60H,5,7,10,17-24,26,28H2,1-4,6H3,(H,58,65)(H,59,64,67). The Bertz CT molecular complexity index is 2790. The first kappa shape index (κ1) is 51.5. The van der Waals surface area contributed by atoms with E-state index in [-0.39, 0.29) is 61.1 Å². The van der Waals surface area contributed by atoms with Crippen LogP contribution < -0.4 is 30.9 Å². The van der Waals surface area contributed by atoms with Gasteiger partial charge in [0, 0.05) is 68.4 Å². The van der Waals surface area contributed by atoms with Crippen LogP contribution in [-0.2, 0) is 43.3 Å². The molecular weight excluding hydrogens is 924 g/mol. The van der Waals surface area contributed by atoms with E-state index in [2.05, 4.69) is 37.7 Å². The van der Waals surface area contributed by atoms with Gasteiger partial charge in [0.1, 0.15) is 17.6 Å². The predicted molar refractivity (Wildman–Crippen MR) is 261 cm³/mol. The Hall–Kier alpha value is -7.35. The van der Waals surface area contributed by atoms with Gasteiger partial charge in [0.2, 0.25) is 23.6 Å². The topological polar surface area (TPSA) is 217 Å². The van der Waals surface area contributed by atoms with Crippen LogP contribution in [0.3, 0.4) is 0 Å². The zero-order valence-electron chi connectivity index (χ0n) is 40.3. The molecule has 17 nitrogen and oxygen atoms in total. The highest BCUT2D eigenvalue weighted by molar-refractivity contribution is 6.25. The number of halogens is 3. The number of fused-ring (bicyclic) bond motifs is 2. The predicted octanol–water partition coefficient (Wildman–Crippen LogP) is 7.02. The molecule has 2 unspecified atom stereocenters. The molecule has 4 heterocycles. The summed E-state index contributed by atoms with van der Waals surface area (Å²) in [6, 6.07) is 14.9. The average molecular weight is 982 g/mol. The van der Waals surface area contributed by atoms with E-state index in [1.54, 1.807) is 36.2 Å². The number of amides is 6. The fourth-order valence-corrected chi connectivity index (χ4v) is 9.29. The number of aromatic nitrogens is 1. The number of carbonyl (C=O) groups is 6. The molecule has 0 saturated carbocycles. The molecular formula is C51H58F3N9O8. The maximum atomic E-state index is 13.7. The van der Waals surface area contributed by atoms with Crippen molar-refractivity contribution in [3.8, 4) is 16.9 Å². The second-order valence-corrected chi connectivity index (χ2v) is 18.7. The van der Waals surface area contributed by atoms with Gasteiger partial charge < -0.3 is 34.9 Å². The molecule has 1 fully saturated rings. The molecule has 7 rings (SSSR count). The number of anilines is 3. The molecule has 71 heavy (non-hydrogen) atoms. The molecule has 3 aromatic carbocycles. The number of nitrogens with one attached hydrogen (secondary N) is 5. The first-order valence-electron chi connectivity index (χ1n) is 23.4. The van der Waals surface area contributed by atoms with Crippen LogP contribution in [0.25, 0.3) is 11.1 Å². The second kappa shape index (κ2) is 20.9. The number of hydrogen-bond donors (Lipinski definition) is 5. The zero-order valence-corrected chi connectivity index (χ0v) is 40.3. The summed E-state index contributed by atoms with van der Waals surface area (Å²) in [5, 5.41) is 20.6. The van der Waals surface area contributed by atoms with E-state index >= 15 is 0 Å². The van der Waals surface area contributed by atoms with Crippen molar-refractivity contribution >= 4 is 65.2 Å². The summed E-state index contributed by atoms with van der Waals surface area (Å²) in [5.41, 5.74) is 3.37. The van der Waals surface area contributed by atoms with E-state index in [0.29, 0.717) is 79.2 Å². The van der Waals surface area contributed by atoms with E-state index in [1.807, 2.05) is 56.7 Å². The first-order valence-corrected chi connectivity index (χ1v) is 23.4. The number of rotatable bonds is 20. The molecule has 0 spiro atoms. The van der Waals surface area contributed by atoms with Gasteiger partial charge in [-0.05, 0) is 113 Å². The largest absolute Gasteiger partial charge is 0.573 e. The van der Waals surface area contributed by atoms with Crippen LogP contribution in [0.5, 0.6) is 5.75 Å². The van der Waals surface area contributed by atoms with Crippen LogP contribution in [0.15, 0.2) is 71.9 Å². The van der Waals surface area contributed by atoms with Crippen molar-refractivity contribution in [1.29, 1.82) is 5.41 Å². The SMILES string of the molecule is C=NC(=N)c1c(-c2ccc3c(c2)CCN3C(=O)Cc2cccc(OC(F)(F)F)c2)cn(CCCNC(=O)CC(C)(C)OCCC(C)(CC)Nc2cccc3c2C(=O)N(C2CCC(=O)NC2=O)C3=O)c1NC. The molecule has 0 radical (unpaired) electrons. The van der Waals surface area contributed by atoms with Gasteiger partial charge in [0.05, 0.1) is 35.1 Å². The van der Waals surface area contributed by atoms with Gasteiger partial charge >= 0.3 is 6.36 Å². The Morgan fingerprint density at radius 3 is 2.45 bits per heavy atom. The Morgan fingerprint density at radius 2 is 1.75 bits per heavy atom.